The number of amides is 2. The van der Waals surface area contributed by atoms with Gasteiger partial charge >= 0.3 is 0 Å². The number of aromatic nitrogens is 2. The lowest BCUT2D eigenvalue weighted by Gasteiger charge is -2.18. The Bertz CT molecular complexity index is 849. The van der Waals surface area contributed by atoms with Crippen LogP contribution >= 0.6 is 23.2 Å². The van der Waals surface area contributed by atoms with E-state index in [1.54, 1.807) is 42.4 Å². The van der Waals surface area contributed by atoms with Crippen molar-refractivity contribution >= 4 is 46.5 Å². The van der Waals surface area contributed by atoms with Crippen LogP contribution in [0.15, 0.2) is 30.5 Å². The zero-order valence-corrected chi connectivity index (χ0v) is 17.1. The average molecular weight is 424 g/mol. The number of rotatable bonds is 7. The van der Waals surface area contributed by atoms with Gasteiger partial charge in [-0.2, -0.15) is 5.10 Å². The highest BCUT2D eigenvalue weighted by atomic mass is 35.5. The average Bonchev–Trinajstić information content (AvgIpc) is 3.29. The molecule has 0 atom stereocenters. The Morgan fingerprint density at radius 2 is 1.79 bits per heavy atom. The van der Waals surface area contributed by atoms with Crippen molar-refractivity contribution in [1.29, 1.82) is 0 Å². The summed E-state index contributed by atoms with van der Waals surface area (Å²) >= 11 is 11.8. The zero-order chi connectivity index (χ0) is 20.1. The van der Waals surface area contributed by atoms with Crippen LogP contribution in [0.25, 0.3) is 0 Å². The quantitative estimate of drug-likeness (QED) is 0.709. The summed E-state index contributed by atoms with van der Waals surface area (Å²) in [6.07, 6.45) is 6.24. The van der Waals surface area contributed by atoms with Crippen molar-refractivity contribution in [2.45, 2.75) is 31.7 Å². The molecule has 1 heterocycles. The molecule has 150 valence electrons. The largest absolute Gasteiger partial charge is 0.325 e. The van der Waals surface area contributed by atoms with E-state index >= 15 is 0 Å². The molecule has 0 spiro atoms. The van der Waals surface area contributed by atoms with Gasteiger partial charge in [-0.05, 0) is 38.1 Å². The van der Waals surface area contributed by atoms with Gasteiger partial charge in [0.1, 0.15) is 5.82 Å². The lowest BCUT2D eigenvalue weighted by Crippen LogP contribution is -2.36. The SMILES string of the molecule is CN(CC(=O)Nc1ccc(Cl)c(Cl)c1)CC(=O)Nc1ccnn1C1CCCC1. The van der Waals surface area contributed by atoms with Gasteiger partial charge in [0.25, 0.3) is 0 Å². The van der Waals surface area contributed by atoms with Gasteiger partial charge in [0.2, 0.25) is 11.8 Å². The summed E-state index contributed by atoms with van der Waals surface area (Å²) in [5.41, 5.74) is 0.553. The van der Waals surface area contributed by atoms with Crippen molar-refractivity contribution in [3.8, 4) is 0 Å². The standard InChI is InChI=1S/C19H23Cl2N5O2/c1-25(11-18(27)23-13-6-7-15(20)16(21)10-13)12-19(28)24-17-8-9-22-26(17)14-4-2-3-5-14/h6-10,14H,2-5,11-12H2,1H3,(H,23,27)(H,24,28). The second kappa shape index (κ2) is 9.41. The van der Waals surface area contributed by atoms with Gasteiger partial charge in [0.15, 0.2) is 0 Å². The molecular weight excluding hydrogens is 401 g/mol. The molecule has 0 bridgehead atoms. The van der Waals surface area contributed by atoms with Crippen LogP contribution in [0, 0.1) is 0 Å². The number of likely N-dealkylation sites (N-methyl/N-ethyl adjacent to an activating group) is 1. The third kappa shape index (κ3) is 5.47. The van der Waals surface area contributed by atoms with Crippen molar-refractivity contribution < 1.29 is 9.59 Å². The molecule has 2 amide bonds. The summed E-state index contributed by atoms with van der Waals surface area (Å²) < 4.78 is 1.89. The van der Waals surface area contributed by atoms with Crippen molar-refractivity contribution in [2.24, 2.45) is 0 Å². The molecule has 2 N–H and O–H groups in total. The molecule has 9 heteroatoms. The highest BCUT2D eigenvalue weighted by Gasteiger charge is 2.21. The molecule has 28 heavy (non-hydrogen) atoms. The van der Waals surface area contributed by atoms with Crippen LogP contribution in [0.3, 0.4) is 0 Å². The lowest BCUT2D eigenvalue weighted by molar-refractivity contribution is -0.119. The Labute approximate surface area is 174 Å². The molecule has 0 aliphatic heterocycles. The van der Waals surface area contributed by atoms with E-state index in [-0.39, 0.29) is 24.9 Å². The first kappa shape index (κ1) is 20.6. The predicted molar refractivity (Wildman–Crippen MR) is 111 cm³/mol. The first-order chi connectivity index (χ1) is 13.4. The maximum absolute atomic E-state index is 12.4. The van der Waals surface area contributed by atoms with Crippen LogP contribution in [-0.2, 0) is 9.59 Å². The molecule has 1 aliphatic carbocycles. The minimum absolute atomic E-state index is 0.0650. The van der Waals surface area contributed by atoms with E-state index in [1.807, 2.05) is 4.68 Å². The molecule has 1 aromatic carbocycles. The van der Waals surface area contributed by atoms with E-state index < -0.39 is 0 Å². The molecule has 1 fully saturated rings. The van der Waals surface area contributed by atoms with E-state index in [0.717, 1.165) is 12.8 Å². The molecule has 0 saturated heterocycles. The van der Waals surface area contributed by atoms with Crippen molar-refractivity contribution in [3.63, 3.8) is 0 Å². The van der Waals surface area contributed by atoms with Gasteiger partial charge in [0.05, 0.1) is 35.4 Å². The number of hydrogen-bond acceptors (Lipinski definition) is 4. The number of carbonyl (C=O) groups is 2. The number of nitrogens with one attached hydrogen (secondary N) is 2. The summed E-state index contributed by atoms with van der Waals surface area (Å²) in [5.74, 6) is 0.264. The van der Waals surface area contributed by atoms with Crippen LogP contribution in [0.5, 0.6) is 0 Å². The summed E-state index contributed by atoms with van der Waals surface area (Å²) in [4.78, 5) is 26.2. The fraction of sp³-hybridized carbons (Fsp3) is 0.421. The van der Waals surface area contributed by atoms with Gasteiger partial charge in [-0.3, -0.25) is 14.5 Å². The van der Waals surface area contributed by atoms with Crippen molar-refractivity contribution in [1.82, 2.24) is 14.7 Å². The molecule has 0 unspecified atom stereocenters. The Morgan fingerprint density at radius 1 is 1.11 bits per heavy atom. The Morgan fingerprint density at radius 3 is 2.46 bits per heavy atom. The van der Waals surface area contributed by atoms with Gasteiger partial charge in [-0.25, -0.2) is 4.68 Å². The number of hydrogen-bond donors (Lipinski definition) is 2. The monoisotopic (exact) mass is 423 g/mol. The molecular formula is C19H23Cl2N5O2. The number of benzene rings is 1. The molecule has 1 saturated carbocycles. The van der Waals surface area contributed by atoms with Gasteiger partial charge in [-0.15, -0.1) is 0 Å². The van der Waals surface area contributed by atoms with E-state index in [1.165, 1.54) is 12.8 Å². The first-order valence-corrected chi connectivity index (χ1v) is 9.95. The fourth-order valence-corrected chi connectivity index (χ4v) is 3.65. The summed E-state index contributed by atoms with van der Waals surface area (Å²) in [7, 11) is 1.71. The van der Waals surface area contributed by atoms with Gasteiger partial charge in [0, 0.05) is 11.8 Å². The summed E-state index contributed by atoms with van der Waals surface area (Å²) in [5, 5.41) is 10.8. The second-order valence-corrected chi connectivity index (χ2v) is 7.81. The highest BCUT2D eigenvalue weighted by molar-refractivity contribution is 6.42. The normalized spacial score (nSPS) is 14.4. The molecule has 0 radical (unpaired) electrons. The first-order valence-electron chi connectivity index (χ1n) is 9.19. The lowest BCUT2D eigenvalue weighted by atomic mass is 10.2. The Kier molecular flexibility index (Phi) is 6.93. The molecule has 1 aliphatic rings. The Hall–Kier alpha value is -2.09. The van der Waals surface area contributed by atoms with E-state index in [0.29, 0.717) is 27.6 Å². The smallest absolute Gasteiger partial charge is 0.239 e. The van der Waals surface area contributed by atoms with Gasteiger partial charge < -0.3 is 10.6 Å². The van der Waals surface area contributed by atoms with Crippen LogP contribution < -0.4 is 10.6 Å². The zero-order valence-electron chi connectivity index (χ0n) is 15.6. The summed E-state index contributed by atoms with van der Waals surface area (Å²) in [6, 6.07) is 7.01. The maximum atomic E-state index is 12.4. The van der Waals surface area contributed by atoms with Crippen LogP contribution in [0.1, 0.15) is 31.7 Å². The molecule has 3 rings (SSSR count). The van der Waals surface area contributed by atoms with Crippen LogP contribution in [0.4, 0.5) is 11.5 Å². The van der Waals surface area contributed by atoms with E-state index in [9.17, 15) is 9.59 Å². The van der Waals surface area contributed by atoms with Crippen molar-refractivity contribution in [3.05, 3.63) is 40.5 Å². The number of nitrogens with zero attached hydrogens (tertiary/aromatic N) is 3. The summed E-state index contributed by atoms with van der Waals surface area (Å²) in [6.45, 7) is 0.153. The van der Waals surface area contributed by atoms with Gasteiger partial charge in [-0.1, -0.05) is 36.0 Å². The number of anilines is 2. The molecule has 7 nitrogen and oxygen atoms in total. The van der Waals surface area contributed by atoms with E-state index in [4.69, 9.17) is 23.2 Å². The highest BCUT2D eigenvalue weighted by Crippen LogP contribution is 2.31. The minimum atomic E-state index is -0.246. The van der Waals surface area contributed by atoms with Crippen LogP contribution in [-0.4, -0.2) is 46.6 Å². The number of halogens is 2. The maximum Gasteiger partial charge on any atom is 0.239 e. The number of carbonyl (C=O) groups excluding carboxylic acids is 2. The van der Waals surface area contributed by atoms with Crippen molar-refractivity contribution in [2.75, 3.05) is 30.8 Å². The third-order valence-corrected chi connectivity index (χ3v) is 5.38. The Balaban J connectivity index is 1.48. The van der Waals surface area contributed by atoms with Crippen LogP contribution in [0.2, 0.25) is 10.0 Å². The topological polar surface area (TPSA) is 79.3 Å². The molecule has 1 aromatic heterocycles. The molecule has 2 aromatic rings. The predicted octanol–water partition coefficient (Wildman–Crippen LogP) is 3.81. The minimum Gasteiger partial charge on any atom is -0.325 e. The second-order valence-electron chi connectivity index (χ2n) is 7.00. The third-order valence-electron chi connectivity index (χ3n) is 4.64. The fourth-order valence-electron chi connectivity index (χ4n) is 3.36. The van der Waals surface area contributed by atoms with E-state index in [2.05, 4.69) is 15.7 Å².